The maximum absolute atomic E-state index is 10.8. The number of benzene rings is 9. The molecule has 13 rings (SSSR count). The summed E-state index contributed by atoms with van der Waals surface area (Å²) in [5, 5.41) is 43.8. The van der Waals surface area contributed by atoms with Gasteiger partial charge in [0.15, 0.2) is 0 Å². The number of aromatic nitrogens is 8. The van der Waals surface area contributed by atoms with E-state index in [2.05, 4.69) is 218 Å². The maximum atomic E-state index is 10.8. The van der Waals surface area contributed by atoms with Crippen molar-refractivity contribution in [2.45, 2.75) is 13.8 Å². The minimum Gasteiger partial charge on any atom is -0.872 e. The SMILES string of the molecule is Cc1cc([O-])cc(C)c1O.[Fe+2].c1ccc(-c2cc(-c3ccccc3)[nH]n2)cc1.c1ccc(-c2cc(-c3ccccc3)n([BH-](n3nc(-c4ccccc4)cc3-c3ccccc3)n3nc(-c4ccccc4)cc3-c3ccccc3)n2)cc1. The minimum absolute atomic E-state index is 0. The third-order valence-corrected chi connectivity index (χ3v) is 13.8. The van der Waals surface area contributed by atoms with Crippen molar-refractivity contribution in [2.75, 3.05) is 0 Å². The van der Waals surface area contributed by atoms with E-state index in [1.165, 1.54) is 12.1 Å². The van der Waals surface area contributed by atoms with Gasteiger partial charge < -0.3 is 24.0 Å². The number of H-pyrrole nitrogens is 1. The molecule has 0 aliphatic rings. The Morgan fingerprint density at radius 1 is 0.350 bits per heavy atom. The molecule has 0 bridgehead atoms. The zero-order valence-electron chi connectivity index (χ0n) is 44.1. The van der Waals surface area contributed by atoms with Crippen LogP contribution in [0.25, 0.3) is 90.1 Å². The van der Waals surface area contributed by atoms with Crippen molar-refractivity contribution in [3.8, 4) is 102 Å². The van der Waals surface area contributed by atoms with Crippen LogP contribution < -0.4 is 5.11 Å². The topological polar surface area (TPSA) is 125 Å². The molecule has 0 saturated carbocycles. The van der Waals surface area contributed by atoms with Gasteiger partial charge in [-0.2, -0.15) is 5.10 Å². The van der Waals surface area contributed by atoms with Crippen LogP contribution in [0.3, 0.4) is 0 Å². The largest absolute Gasteiger partial charge is 2.00 e. The Hall–Kier alpha value is -10.00. The fourth-order valence-corrected chi connectivity index (χ4v) is 9.81. The predicted octanol–water partition coefficient (Wildman–Crippen LogP) is 14.8. The number of aromatic amines is 1. The van der Waals surface area contributed by atoms with Crippen LogP contribution in [0, 0.1) is 13.8 Å². The van der Waals surface area contributed by atoms with E-state index in [0.717, 1.165) is 90.1 Å². The van der Waals surface area contributed by atoms with Crippen LogP contribution in [-0.4, -0.2) is 51.5 Å². The smallest absolute Gasteiger partial charge is 0.872 e. The number of phenols is 1. The summed E-state index contributed by atoms with van der Waals surface area (Å²) in [7, 11) is -1.96. The van der Waals surface area contributed by atoms with E-state index in [4.69, 9.17) is 15.3 Å². The van der Waals surface area contributed by atoms with Gasteiger partial charge in [0.2, 0.25) is 0 Å². The molecule has 13 aromatic rings. The Morgan fingerprint density at radius 2 is 0.613 bits per heavy atom. The number of aryl methyl sites for hydroxylation is 2. The molecule has 9 aromatic carbocycles. The summed E-state index contributed by atoms with van der Waals surface area (Å²) < 4.78 is 6.50. The maximum Gasteiger partial charge on any atom is 2.00 e. The van der Waals surface area contributed by atoms with Crippen molar-refractivity contribution in [1.82, 2.24) is 39.3 Å². The molecule has 4 heterocycles. The molecule has 12 heteroatoms. The number of rotatable bonds is 11. The summed E-state index contributed by atoms with van der Waals surface area (Å²) in [6, 6.07) is 94.5. The number of hydrogen-bond donors (Lipinski definition) is 2. The zero-order chi connectivity index (χ0) is 53.9. The first-order valence-electron chi connectivity index (χ1n) is 26.3. The fraction of sp³-hybridized carbons (Fsp3) is 0.0294. The predicted molar refractivity (Wildman–Crippen MR) is 319 cm³/mol. The van der Waals surface area contributed by atoms with Gasteiger partial charge >= 0.3 is 24.2 Å². The number of aromatic hydroxyl groups is 1. The molecule has 0 spiro atoms. The van der Waals surface area contributed by atoms with Gasteiger partial charge in [0.25, 0.3) is 0 Å². The van der Waals surface area contributed by atoms with Crippen LogP contribution in [0.2, 0.25) is 0 Å². The Morgan fingerprint density at radius 3 is 0.912 bits per heavy atom. The number of phenolic OH excluding ortho intramolecular Hbond substituents is 1. The molecule has 0 saturated heterocycles. The fourth-order valence-electron chi connectivity index (χ4n) is 9.81. The average molecular weight is 1080 g/mol. The van der Waals surface area contributed by atoms with E-state index in [1.54, 1.807) is 13.8 Å². The van der Waals surface area contributed by atoms with Crippen LogP contribution in [0.15, 0.2) is 279 Å². The van der Waals surface area contributed by atoms with E-state index in [-0.39, 0.29) is 28.6 Å². The van der Waals surface area contributed by atoms with Gasteiger partial charge in [0, 0.05) is 39.3 Å². The van der Waals surface area contributed by atoms with Crippen molar-refractivity contribution in [1.29, 1.82) is 0 Å². The van der Waals surface area contributed by atoms with Gasteiger partial charge in [0.05, 0.1) is 28.5 Å². The van der Waals surface area contributed by atoms with Crippen molar-refractivity contribution in [3.63, 3.8) is 0 Å². The normalized spacial score (nSPS) is 10.7. The van der Waals surface area contributed by atoms with Crippen LogP contribution in [-0.2, 0) is 17.1 Å². The Labute approximate surface area is 476 Å². The summed E-state index contributed by atoms with van der Waals surface area (Å²) in [4.78, 5) is 0. The van der Waals surface area contributed by atoms with E-state index in [9.17, 15) is 10.2 Å². The molecule has 0 aliphatic heterocycles. The van der Waals surface area contributed by atoms with Crippen LogP contribution in [0.4, 0.5) is 0 Å². The number of hydrogen-bond acceptors (Lipinski definition) is 6. The van der Waals surface area contributed by atoms with Crippen molar-refractivity contribution in [2.24, 2.45) is 0 Å². The molecule has 80 heavy (non-hydrogen) atoms. The van der Waals surface area contributed by atoms with Crippen molar-refractivity contribution < 1.29 is 27.3 Å². The second-order valence-corrected chi connectivity index (χ2v) is 19.2. The first kappa shape index (κ1) is 53.4. The molecule has 390 valence electrons. The van der Waals surface area contributed by atoms with Gasteiger partial charge in [-0.25, -0.2) is 15.3 Å². The zero-order valence-corrected chi connectivity index (χ0v) is 45.2. The standard InChI is InChI=1S/C45H34BN6.C15H12N2.C8H10O2.Fe/c1-7-19-34(20-8-1)40-31-43(37-25-13-4-14-26-37)50(47-40)46(51-44(38-27-15-5-16-28-38)32-41(48-51)35-21-9-2-10-22-35)52-45(39-29-17-6-18-30-39)33-42(49-52)36-23-11-3-12-24-36;1-3-7-12(8-4-1)14-11-15(17-16-14)13-9-5-2-6-10-13;1-5-3-7(9)4-6(2)8(5)10;/h1-33,46H;1-11H,(H,16,17);3-4,9-10H,1-2H3;/q-1;;;+2/p-1. The van der Waals surface area contributed by atoms with Crippen LogP contribution >= 0.6 is 0 Å². The van der Waals surface area contributed by atoms with Gasteiger partial charge in [-0.05, 0) is 71.5 Å². The molecule has 0 amide bonds. The Balaban J connectivity index is 0.000000209. The second kappa shape index (κ2) is 25.0. The van der Waals surface area contributed by atoms with Gasteiger partial charge in [0.1, 0.15) is 5.75 Å². The first-order chi connectivity index (χ1) is 38.8. The molecule has 0 atom stereocenters. The number of nitrogens with one attached hydrogen (secondary N) is 1. The molecule has 0 aliphatic carbocycles. The quantitative estimate of drug-likeness (QED) is 0.124. The minimum atomic E-state index is -1.96. The Kier molecular flexibility index (Phi) is 16.7. The summed E-state index contributed by atoms with van der Waals surface area (Å²) in [6.45, 7) is 3.42. The summed E-state index contributed by atoms with van der Waals surface area (Å²) in [5.41, 5.74) is 17.5. The van der Waals surface area contributed by atoms with Crippen LogP contribution in [0.5, 0.6) is 11.5 Å². The third kappa shape index (κ3) is 12.1. The van der Waals surface area contributed by atoms with E-state index >= 15 is 0 Å². The molecule has 4 aromatic heterocycles. The van der Waals surface area contributed by atoms with Gasteiger partial charge in [-0.3, -0.25) is 5.10 Å². The summed E-state index contributed by atoms with van der Waals surface area (Å²) >= 11 is 0. The molecule has 0 radical (unpaired) electrons. The summed E-state index contributed by atoms with van der Waals surface area (Å²) in [5.74, 6) is 0.174. The Bertz CT molecular complexity index is 3680. The monoisotopic (exact) mass is 1080 g/mol. The molecule has 10 nitrogen and oxygen atoms in total. The number of nitrogens with zero attached hydrogens (tertiary/aromatic N) is 7. The average Bonchev–Trinajstić information content (AvgIpc) is 4.42. The molecule has 0 fully saturated rings. The molecular formula is C68H55BFeN8O2. The molecule has 2 N–H and O–H groups in total. The first-order valence-corrected chi connectivity index (χ1v) is 26.3. The van der Waals surface area contributed by atoms with Crippen LogP contribution in [0.1, 0.15) is 11.1 Å². The second-order valence-electron chi connectivity index (χ2n) is 19.2. The van der Waals surface area contributed by atoms with Crippen molar-refractivity contribution in [3.05, 3.63) is 290 Å². The molecule has 0 unspecified atom stereocenters. The third-order valence-electron chi connectivity index (χ3n) is 13.8. The van der Waals surface area contributed by atoms with E-state index in [1.807, 2.05) is 72.8 Å². The molecular weight excluding hydrogens is 1030 g/mol. The van der Waals surface area contributed by atoms with Gasteiger partial charge in [-0.1, -0.05) is 255 Å². The van der Waals surface area contributed by atoms with E-state index in [0.29, 0.717) is 11.1 Å². The van der Waals surface area contributed by atoms with E-state index < -0.39 is 7.12 Å². The van der Waals surface area contributed by atoms with Gasteiger partial charge in [-0.15, -0.1) is 5.75 Å². The summed E-state index contributed by atoms with van der Waals surface area (Å²) in [6.07, 6.45) is 0. The van der Waals surface area contributed by atoms with Crippen molar-refractivity contribution >= 4 is 7.12 Å².